The molecular formula is C7H16ClNO3S. The van der Waals surface area contributed by atoms with E-state index >= 15 is 0 Å². The summed E-state index contributed by atoms with van der Waals surface area (Å²) in [5.74, 6) is 0.551. The Labute approximate surface area is 84.3 Å². The normalized spacial score (nSPS) is 14.4. The minimum atomic E-state index is -3.23. The van der Waals surface area contributed by atoms with E-state index in [-0.39, 0.29) is 12.4 Å². The first-order valence-corrected chi connectivity index (χ1v) is 6.37. The number of aliphatic hydroxyl groups is 1. The molecule has 4 nitrogen and oxygen atoms in total. The number of unbranched alkanes of at least 4 members (excludes halogenated alkanes) is 1. The molecule has 0 aliphatic heterocycles. The minimum Gasteiger partial charge on any atom is -0.395 e. The average molecular weight is 230 g/mol. The second-order valence-corrected chi connectivity index (χ2v) is 5.17. The molecule has 80 valence electrons. The second kappa shape index (κ2) is 6.59. The van der Waals surface area contributed by atoms with E-state index in [1.54, 1.807) is 6.92 Å². The molecule has 13 heavy (non-hydrogen) atoms. The molecule has 0 fully saturated rings. The van der Waals surface area contributed by atoms with Crippen LogP contribution in [0.3, 0.4) is 0 Å². The van der Waals surface area contributed by atoms with Crippen LogP contribution in [0.4, 0.5) is 0 Å². The first-order chi connectivity index (χ1) is 6.02. The first kappa shape index (κ1) is 13.2. The maximum absolute atomic E-state index is 11.2. The summed E-state index contributed by atoms with van der Waals surface area (Å²) in [6.45, 7) is 1.42. The van der Waals surface area contributed by atoms with Crippen LogP contribution in [0.25, 0.3) is 0 Å². The van der Waals surface area contributed by atoms with Gasteiger partial charge in [0.15, 0.2) is 0 Å². The van der Waals surface area contributed by atoms with Gasteiger partial charge < -0.3 is 5.11 Å². The van der Waals surface area contributed by atoms with E-state index < -0.39 is 16.1 Å². The van der Waals surface area contributed by atoms with Crippen molar-refractivity contribution in [1.82, 2.24) is 4.72 Å². The Morgan fingerprint density at radius 2 is 2.08 bits per heavy atom. The van der Waals surface area contributed by atoms with E-state index in [0.717, 1.165) is 0 Å². The largest absolute Gasteiger partial charge is 0.395 e. The molecule has 0 aromatic rings. The summed E-state index contributed by atoms with van der Waals surface area (Å²) in [4.78, 5) is 0. The molecular weight excluding hydrogens is 214 g/mol. The standard InChI is InChI=1S/C7H16ClNO3S/c1-7(6-10)9-13(11,12)5-3-2-4-8/h7,9-10H,2-6H2,1H3. The third-order valence-corrected chi connectivity index (χ3v) is 3.31. The lowest BCUT2D eigenvalue weighted by atomic mass is 10.4. The van der Waals surface area contributed by atoms with Crippen molar-refractivity contribution < 1.29 is 13.5 Å². The van der Waals surface area contributed by atoms with Gasteiger partial charge in [-0.3, -0.25) is 0 Å². The Kier molecular flexibility index (Phi) is 6.67. The molecule has 6 heteroatoms. The minimum absolute atomic E-state index is 0.0735. The number of rotatable bonds is 7. The Morgan fingerprint density at radius 3 is 2.54 bits per heavy atom. The lowest BCUT2D eigenvalue weighted by Gasteiger charge is -2.10. The number of hydrogen-bond donors (Lipinski definition) is 2. The molecule has 0 amide bonds. The van der Waals surface area contributed by atoms with E-state index in [4.69, 9.17) is 16.7 Å². The Bertz CT molecular complexity index is 218. The van der Waals surface area contributed by atoms with Gasteiger partial charge in [-0.05, 0) is 19.8 Å². The molecule has 0 aliphatic carbocycles. The van der Waals surface area contributed by atoms with Crippen molar-refractivity contribution in [2.24, 2.45) is 0 Å². The van der Waals surface area contributed by atoms with Crippen LogP contribution in [0.2, 0.25) is 0 Å². The van der Waals surface area contributed by atoms with Crippen molar-refractivity contribution in [2.75, 3.05) is 18.2 Å². The fraction of sp³-hybridized carbons (Fsp3) is 1.00. The summed E-state index contributed by atoms with van der Waals surface area (Å²) < 4.78 is 24.8. The van der Waals surface area contributed by atoms with Gasteiger partial charge in [0, 0.05) is 11.9 Å². The summed E-state index contributed by atoms with van der Waals surface area (Å²) in [5.41, 5.74) is 0. The van der Waals surface area contributed by atoms with Crippen LogP contribution in [-0.2, 0) is 10.0 Å². The van der Waals surface area contributed by atoms with E-state index in [1.807, 2.05) is 0 Å². The number of aliphatic hydroxyl groups excluding tert-OH is 1. The fourth-order valence-electron chi connectivity index (χ4n) is 0.789. The van der Waals surface area contributed by atoms with Gasteiger partial charge in [-0.1, -0.05) is 0 Å². The SMILES string of the molecule is CC(CO)NS(=O)(=O)CCCCCl. The van der Waals surface area contributed by atoms with Crippen molar-refractivity contribution >= 4 is 21.6 Å². The summed E-state index contributed by atoms with van der Waals surface area (Å²) in [6, 6.07) is -0.416. The maximum atomic E-state index is 11.2. The molecule has 0 aromatic carbocycles. The average Bonchev–Trinajstić information content (AvgIpc) is 2.03. The van der Waals surface area contributed by atoms with Crippen LogP contribution in [-0.4, -0.2) is 37.8 Å². The van der Waals surface area contributed by atoms with Gasteiger partial charge in [0.05, 0.1) is 12.4 Å². The van der Waals surface area contributed by atoms with Gasteiger partial charge in [0.2, 0.25) is 10.0 Å². The second-order valence-electron chi connectivity index (χ2n) is 2.92. The zero-order chi connectivity index (χ0) is 10.3. The zero-order valence-corrected chi connectivity index (χ0v) is 9.24. The molecule has 1 atom stereocenters. The quantitative estimate of drug-likeness (QED) is 0.488. The fourth-order valence-corrected chi connectivity index (χ4v) is 2.37. The topological polar surface area (TPSA) is 66.4 Å². The summed E-state index contributed by atoms with van der Waals surface area (Å²) in [5, 5.41) is 8.62. The monoisotopic (exact) mass is 229 g/mol. The molecule has 0 rings (SSSR count). The van der Waals surface area contributed by atoms with Crippen LogP contribution >= 0.6 is 11.6 Å². The van der Waals surface area contributed by atoms with Gasteiger partial charge in [-0.15, -0.1) is 11.6 Å². The van der Waals surface area contributed by atoms with E-state index in [1.165, 1.54) is 0 Å². The molecule has 0 bridgehead atoms. The van der Waals surface area contributed by atoms with Crippen LogP contribution in [0.5, 0.6) is 0 Å². The lowest BCUT2D eigenvalue weighted by Crippen LogP contribution is -2.36. The predicted octanol–water partition coefficient (Wildman–Crippen LogP) is 0.306. The van der Waals surface area contributed by atoms with Gasteiger partial charge in [0.1, 0.15) is 0 Å². The molecule has 1 unspecified atom stereocenters. The molecule has 0 saturated carbocycles. The van der Waals surface area contributed by atoms with Crippen LogP contribution in [0, 0.1) is 0 Å². The maximum Gasteiger partial charge on any atom is 0.211 e. The number of sulfonamides is 1. The van der Waals surface area contributed by atoms with Gasteiger partial charge >= 0.3 is 0 Å². The highest BCUT2D eigenvalue weighted by Gasteiger charge is 2.12. The molecule has 2 N–H and O–H groups in total. The molecule has 0 saturated heterocycles. The molecule has 0 heterocycles. The van der Waals surface area contributed by atoms with Gasteiger partial charge in [0.25, 0.3) is 0 Å². The Morgan fingerprint density at radius 1 is 1.46 bits per heavy atom. The van der Waals surface area contributed by atoms with E-state index in [0.29, 0.717) is 18.7 Å². The zero-order valence-electron chi connectivity index (χ0n) is 7.66. The van der Waals surface area contributed by atoms with E-state index in [9.17, 15) is 8.42 Å². The molecule has 0 radical (unpaired) electrons. The molecule has 0 spiro atoms. The number of halogens is 1. The third kappa shape index (κ3) is 7.25. The van der Waals surface area contributed by atoms with Crippen molar-refractivity contribution in [3.8, 4) is 0 Å². The van der Waals surface area contributed by atoms with Gasteiger partial charge in [-0.25, -0.2) is 13.1 Å². The smallest absolute Gasteiger partial charge is 0.211 e. The van der Waals surface area contributed by atoms with Crippen molar-refractivity contribution in [1.29, 1.82) is 0 Å². The highest BCUT2D eigenvalue weighted by Crippen LogP contribution is 1.97. The van der Waals surface area contributed by atoms with Crippen LogP contribution in [0.1, 0.15) is 19.8 Å². The highest BCUT2D eigenvalue weighted by molar-refractivity contribution is 7.89. The summed E-state index contributed by atoms with van der Waals surface area (Å²) in [6.07, 6.45) is 1.24. The van der Waals surface area contributed by atoms with Crippen molar-refractivity contribution in [3.63, 3.8) is 0 Å². The van der Waals surface area contributed by atoms with Gasteiger partial charge in [-0.2, -0.15) is 0 Å². The summed E-state index contributed by atoms with van der Waals surface area (Å²) >= 11 is 5.41. The number of alkyl halides is 1. The third-order valence-electron chi connectivity index (χ3n) is 1.45. The van der Waals surface area contributed by atoms with Crippen molar-refractivity contribution in [3.05, 3.63) is 0 Å². The lowest BCUT2D eigenvalue weighted by molar-refractivity contribution is 0.265. The Hall–Kier alpha value is 0.160. The first-order valence-electron chi connectivity index (χ1n) is 4.18. The molecule has 0 aromatic heterocycles. The number of hydrogen-bond acceptors (Lipinski definition) is 3. The van der Waals surface area contributed by atoms with Crippen LogP contribution in [0.15, 0.2) is 0 Å². The predicted molar refractivity (Wildman–Crippen MR) is 53.4 cm³/mol. The summed E-state index contributed by atoms with van der Waals surface area (Å²) in [7, 11) is -3.23. The highest BCUT2D eigenvalue weighted by atomic mass is 35.5. The van der Waals surface area contributed by atoms with Crippen molar-refractivity contribution in [2.45, 2.75) is 25.8 Å². The number of nitrogens with one attached hydrogen (secondary N) is 1. The van der Waals surface area contributed by atoms with E-state index in [2.05, 4.69) is 4.72 Å². The molecule has 0 aliphatic rings. The van der Waals surface area contributed by atoms with Crippen LogP contribution < -0.4 is 4.72 Å². The Balaban J connectivity index is 3.81.